The summed E-state index contributed by atoms with van der Waals surface area (Å²) in [5, 5.41) is 18.7. The van der Waals surface area contributed by atoms with E-state index in [4.69, 9.17) is 4.42 Å². The van der Waals surface area contributed by atoms with Crippen LogP contribution in [0, 0.1) is 16.7 Å². The van der Waals surface area contributed by atoms with E-state index in [1.54, 1.807) is 35.4 Å². The first-order valence-corrected chi connectivity index (χ1v) is 12.4. The molecule has 2 bridgehead atoms. The zero-order valence-electron chi connectivity index (χ0n) is 19.8. The molecule has 0 N–H and O–H groups in total. The van der Waals surface area contributed by atoms with Gasteiger partial charge in [0.05, 0.1) is 16.5 Å². The van der Waals surface area contributed by atoms with E-state index in [0.29, 0.717) is 40.1 Å². The third-order valence-electron chi connectivity index (χ3n) is 9.36. The Morgan fingerprint density at radius 3 is 2.61 bits per heavy atom. The van der Waals surface area contributed by atoms with Crippen molar-refractivity contribution in [3.63, 3.8) is 0 Å². The number of rotatable bonds is 3. The van der Waals surface area contributed by atoms with E-state index < -0.39 is 17.0 Å². The topological polar surface area (TPSA) is 82.1 Å². The Balaban J connectivity index is 1.25. The number of alkyl halides is 3. The number of benzene rings is 1. The lowest BCUT2D eigenvalue weighted by Gasteiger charge is -2.34. The molecule has 4 fully saturated rings. The molecule has 0 amide bonds. The van der Waals surface area contributed by atoms with Gasteiger partial charge >= 0.3 is 6.18 Å². The van der Waals surface area contributed by atoms with Crippen molar-refractivity contribution in [3.05, 3.63) is 47.8 Å². The number of anilines is 1. The Labute approximate surface area is 205 Å². The summed E-state index contributed by atoms with van der Waals surface area (Å²) in [6.07, 6.45) is 1.22. The highest BCUT2D eigenvalue weighted by Gasteiger charge is 2.86. The summed E-state index contributed by atoms with van der Waals surface area (Å²) < 4.78 is 49.8. The van der Waals surface area contributed by atoms with Gasteiger partial charge in [-0.3, -0.25) is 4.98 Å². The molecule has 10 heteroatoms. The van der Waals surface area contributed by atoms with Crippen LogP contribution < -0.4 is 4.90 Å². The van der Waals surface area contributed by atoms with Crippen molar-refractivity contribution in [2.24, 2.45) is 5.41 Å². The number of nitrogens with zero attached hydrogens (tertiary/aromatic N) is 6. The maximum Gasteiger partial charge on any atom is 0.397 e. The lowest BCUT2D eigenvalue weighted by Crippen LogP contribution is -2.39. The van der Waals surface area contributed by atoms with Crippen molar-refractivity contribution in [2.45, 2.75) is 61.7 Å². The average Bonchev–Trinajstić information content (AvgIpc) is 3.12. The van der Waals surface area contributed by atoms with Gasteiger partial charge in [0.25, 0.3) is 0 Å². The normalized spacial score (nSPS) is 33.6. The zero-order chi connectivity index (χ0) is 24.9. The zero-order valence-corrected chi connectivity index (χ0v) is 19.8. The van der Waals surface area contributed by atoms with Crippen molar-refractivity contribution in [3.8, 4) is 6.07 Å². The lowest BCUT2D eigenvalue weighted by atomic mass is 9.91. The maximum atomic E-state index is 14.6. The van der Waals surface area contributed by atoms with Gasteiger partial charge in [-0.15, -0.1) is 10.2 Å². The molecule has 3 saturated heterocycles. The second-order valence-corrected chi connectivity index (χ2v) is 11.0. The number of hydrogen-bond donors (Lipinski definition) is 0. The molecule has 0 radical (unpaired) electrons. The van der Waals surface area contributed by atoms with E-state index in [0.717, 1.165) is 25.7 Å². The molecule has 3 aromatic rings. The molecule has 1 saturated carbocycles. The summed E-state index contributed by atoms with van der Waals surface area (Å²) in [5.74, 6) is 0.694. The summed E-state index contributed by atoms with van der Waals surface area (Å²) in [7, 11) is 2.15. The first-order chi connectivity index (χ1) is 17.3. The Hall–Kier alpha value is -3.19. The van der Waals surface area contributed by atoms with Gasteiger partial charge in [0.1, 0.15) is 11.5 Å². The largest absolute Gasteiger partial charge is 0.424 e. The maximum absolute atomic E-state index is 14.6. The van der Waals surface area contributed by atoms with Crippen LogP contribution in [0.1, 0.15) is 55.4 Å². The lowest BCUT2D eigenvalue weighted by molar-refractivity contribution is -0.187. The van der Waals surface area contributed by atoms with E-state index in [-0.39, 0.29) is 31.3 Å². The summed E-state index contributed by atoms with van der Waals surface area (Å²) in [6, 6.07) is 9.94. The number of pyridine rings is 1. The van der Waals surface area contributed by atoms with Gasteiger partial charge in [-0.2, -0.15) is 18.4 Å². The molecular formula is C26H25F3N6O. The first kappa shape index (κ1) is 22.0. The van der Waals surface area contributed by atoms with Crippen molar-refractivity contribution < 1.29 is 17.6 Å². The summed E-state index contributed by atoms with van der Waals surface area (Å²) in [5.41, 5.74) is -1.67. The minimum Gasteiger partial charge on any atom is -0.424 e. The van der Waals surface area contributed by atoms with E-state index in [1.807, 2.05) is 0 Å². The Morgan fingerprint density at radius 1 is 1.11 bits per heavy atom. The van der Waals surface area contributed by atoms with Crippen LogP contribution in [0.4, 0.5) is 18.9 Å². The SMILES string of the molecule is CN1C2CCC1CC(c1nnc([C@]34CN(c5ccc(C#N)c6ncccc56)C[C@@]3(C(F)(F)F)C4)o1)C2. The highest BCUT2D eigenvalue weighted by atomic mass is 19.4. The number of piperidine rings is 2. The van der Waals surface area contributed by atoms with Gasteiger partial charge in [0.2, 0.25) is 11.8 Å². The van der Waals surface area contributed by atoms with Crippen molar-refractivity contribution in [1.82, 2.24) is 20.1 Å². The molecule has 3 aliphatic heterocycles. The predicted molar refractivity (Wildman–Crippen MR) is 124 cm³/mol. The third-order valence-corrected chi connectivity index (χ3v) is 9.36. The molecular weight excluding hydrogens is 469 g/mol. The summed E-state index contributed by atoms with van der Waals surface area (Å²) in [6.45, 7) is -0.0643. The Kier molecular flexibility index (Phi) is 4.40. The molecule has 2 aromatic heterocycles. The van der Waals surface area contributed by atoms with Crippen molar-refractivity contribution in [2.75, 3.05) is 25.0 Å². The van der Waals surface area contributed by atoms with Crippen LogP contribution in [0.15, 0.2) is 34.9 Å². The second kappa shape index (κ2) is 7.19. The highest BCUT2D eigenvalue weighted by Crippen LogP contribution is 2.75. The summed E-state index contributed by atoms with van der Waals surface area (Å²) >= 11 is 0. The quantitative estimate of drug-likeness (QED) is 0.529. The standard InChI is InChI=1S/C26H25F3N6O/c1-34-17-5-6-18(34)10-16(9-17)22-32-33-23(36-22)24-12-25(24,26(27,28)29)14-35(13-24)20-7-4-15(11-30)21-19(20)3-2-8-31-21/h2-4,7-8,16-18H,5-6,9-10,12-14H2,1H3/t16?,17?,18?,24-,25-/m0/s1. The number of halogens is 3. The predicted octanol–water partition coefficient (Wildman–Crippen LogP) is 4.54. The van der Waals surface area contributed by atoms with E-state index in [2.05, 4.69) is 33.2 Å². The second-order valence-electron chi connectivity index (χ2n) is 11.0. The van der Waals surface area contributed by atoms with Gasteiger partial charge in [0.15, 0.2) is 0 Å². The Morgan fingerprint density at radius 2 is 1.89 bits per heavy atom. The average molecular weight is 495 g/mol. The van der Waals surface area contributed by atoms with Crippen LogP contribution in [0.25, 0.3) is 10.9 Å². The first-order valence-electron chi connectivity index (χ1n) is 12.4. The van der Waals surface area contributed by atoms with Gasteiger partial charge in [-0.25, -0.2) is 0 Å². The molecule has 7 rings (SSSR count). The fourth-order valence-corrected chi connectivity index (χ4v) is 7.30. The molecule has 4 atom stereocenters. The van der Waals surface area contributed by atoms with E-state index in [1.165, 1.54) is 0 Å². The molecule has 0 spiro atoms. The van der Waals surface area contributed by atoms with Crippen LogP contribution >= 0.6 is 0 Å². The van der Waals surface area contributed by atoms with Crippen LogP contribution in [-0.4, -0.2) is 58.5 Å². The Bertz CT molecular complexity index is 1400. The smallest absolute Gasteiger partial charge is 0.397 e. The molecule has 2 unspecified atom stereocenters. The van der Waals surface area contributed by atoms with Crippen LogP contribution in [0.2, 0.25) is 0 Å². The van der Waals surface area contributed by atoms with Crippen LogP contribution in [0.5, 0.6) is 0 Å². The van der Waals surface area contributed by atoms with Gasteiger partial charge < -0.3 is 14.2 Å². The number of nitriles is 1. The fourth-order valence-electron chi connectivity index (χ4n) is 7.30. The van der Waals surface area contributed by atoms with E-state index >= 15 is 0 Å². The molecule has 7 nitrogen and oxygen atoms in total. The minimum atomic E-state index is -4.41. The van der Waals surface area contributed by atoms with Crippen molar-refractivity contribution >= 4 is 16.6 Å². The number of hydrogen-bond acceptors (Lipinski definition) is 7. The molecule has 4 aliphatic rings. The minimum absolute atomic E-state index is 0.0489. The highest BCUT2D eigenvalue weighted by molar-refractivity contribution is 5.95. The molecule has 5 heterocycles. The van der Waals surface area contributed by atoms with Gasteiger partial charge in [-0.05, 0) is 63.4 Å². The third kappa shape index (κ3) is 2.80. The summed E-state index contributed by atoms with van der Waals surface area (Å²) in [4.78, 5) is 8.48. The van der Waals surface area contributed by atoms with Gasteiger partial charge in [-0.1, -0.05) is 0 Å². The number of aromatic nitrogens is 3. The molecule has 36 heavy (non-hydrogen) atoms. The fraction of sp³-hybridized carbons (Fsp3) is 0.538. The molecule has 1 aromatic carbocycles. The number of fused-ring (bicyclic) bond motifs is 4. The molecule has 186 valence electrons. The monoisotopic (exact) mass is 494 g/mol. The van der Waals surface area contributed by atoms with Crippen LogP contribution in [0.3, 0.4) is 0 Å². The van der Waals surface area contributed by atoms with E-state index in [9.17, 15) is 18.4 Å². The van der Waals surface area contributed by atoms with Crippen molar-refractivity contribution in [1.29, 1.82) is 5.26 Å². The molecule has 1 aliphatic carbocycles. The van der Waals surface area contributed by atoms with Gasteiger partial charge in [0, 0.05) is 48.4 Å². The van der Waals surface area contributed by atoms with Crippen LogP contribution in [-0.2, 0) is 5.41 Å².